The van der Waals surface area contributed by atoms with Crippen LogP contribution in [0, 0.1) is 5.82 Å². The van der Waals surface area contributed by atoms with Gasteiger partial charge >= 0.3 is 0 Å². The van der Waals surface area contributed by atoms with Crippen LogP contribution in [-0.2, 0) is 0 Å². The second-order valence-corrected chi connectivity index (χ2v) is 3.68. The highest BCUT2D eigenvalue weighted by atomic mass is 19.1. The first-order valence-corrected chi connectivity index (χ1v) is 5.29. The molecule has 0 aliphatic heterocycles. The second-order valence-electron chi connectivity index (χ2n) is 3.68. The summed E-state index contributed by atoms with van der Waals surface area (Å²) < 4.78 is 18.6. The number of halogens is 1. The Morgan fingerprint density at radius 3 is 2.50 bits per heavy atom. The molecule has 0 radical (unpaired) electrons. The largest absolute Gasteiger partial charge is 0.504 e. The first-order chi connectivity index (χ1) is 8.69. The average molecular weight is 246 g/mol. The van der Waals surface area contributed by atoms with Crippen molar-refractivity contribution in [2.45, 2.75) is 0 Å². The number of aromatic hydroxyl groups is 1. The molecule has 0 aromatic heterocycles. The number of rotatable bonds is 3. The van der Waals surface area contributed by atoms with Gasteiger partial charge in [0.2, 0.25) is 0 Å². The molecular formula is C14H11FO3. The zero-order valence-electron chi connectivity index (χ0n) is 9.68. The third kappa shape index (κ3) is 1.93. The van der Waals surface area contributed by atoms with E-state index in [2.05, 4.69) is 0 Å². The normalized spacial score (nSPS) is 10.1. The van der Waals surface area contributed by atoms with E-state index >= 15 is 0 Å². The number of ether oxygens (including phenoxy) is 1. The minimum absolute atomic E-state index is 0.0134. The summed E-state index contributed by atoms with van der Waals surface area (Å²) in [6.45, 7) is 0. The Hall–Kier alpha value is -2.36. The van der Waals surface area contributed by atoms with Crippen LogP contribution in [0.25, 0.3) is 11.1 Å². The lowest BCUT2D eigenvalue weighted by Crippen LogP contribution is -1.94. The number of phenols is 1. The molecule has 0 fully saturated rings. The molecule has 3 nitrogen and oxygen atoms in total. The van der Waals surface area contributed by atoms with E-state index in [-0.39, 0.29) is 22.6 Å². The Bertz CT molecular complexity index is 594. The van der Waals surface area contributed by atoms with Gasteiger partial charge < -0.3 is 9.84 Å². The highest BCUT2D eigenvalue weighted by Crippen LogP contribution is 2.36. The number of hydrogen-bond acceptors (Lipinski definition) is 3. The van der Waals surface area contributed by atoms with Gasteiger partial charge in [0.15, 0.2) is 17.8 Å². The molecule has 1 N–H and O–H groups in total. The van der Waals surface area contributed by atoms with Gasteiger partial charge in [-0.15, -0.1) is 0 Å². The average Bonchev–Trinajstić information content (AvgIpc) is 2.39. The molecule has 0 spiro atoms. The van der Waals surface area contributed by atoms with Gasteiger partial charge in [-0.25, -0.2) is 4.39 Å². The van der Waals surface area contributed by atoms with Gasteiger partial charge in [-0.05, 0) is 23.8 Å². The number of carbonyl (C=O) groups excluding carboxylic acids is 1. The van der Waals surface area contributed by atoms with E-state index in [1.54, 1.807) is 24.3 Å². The third-order valence-electron chi connectivity index (χ3n) is 2.68. The van der Waals surface area contributed by atoms with Crippen molar-refractivity contribution >= 4 is 6.29 Å². The van der Waals surface area contributed by atoms with Crippen LogP contribution in [0.5, 0.6) is 11.5 Å². The summed E-state index contributed by atoms with van der Waals surface area (Å²) >= 11 is 0. The summed E-state index contributed by atoms with van der Waals surface area (Å²) in [6.07, 6.45) is 0.486. The first kappa shape index (κ1) is 12.1. The molecule has 92 valence electrons. The van der Waals surface area contributed by atoms with Crippen LogP contribution in [0.1, 0.15) is 10.4 Å². The van der Waals surface area contributed by atoms with E-state index in [0.29, 0.717) is 11.8 Å². The minimum Gasteiger partial charge on any atom is -0.504 e. The maximum absolute atomic E-state index is 13.7. The van der Waals surface area contributed by atoms with Gasteiger partial charge in [0.1, 0.15) is 5.82 Å². The van der Waals surface area contributed by atoms with E-state index in [1.807, 2.05) is 0 Å². The van der Waals surface area contributed by atoms with Crippen molar-refractivity contribution < 1.29 is 19.0 Å². The van der Waals surface area contributed by atoms with E-state index in [0.717, 1.165) is 0 Å². The Labute approximate surface area is 103 Å². The topological polar surface area (TPSA) is 46.5 Å². The predicted molar refractivity (Wildman–Crippen MR) is 65.4 cm³/mol. The zero-order valence-corrected chi connectivity index (χ0v) is 9.68. The molecule has 2 aromatic rings. The number of aldehydes is 1. The Morgan fingerprint density at radius 1 is 1.17 bits per heavy atom. The minimum atomic E-state index is -0.454. The van der Waals surface area contributed by atoms with Gasteiger partial charge in [0.25, 0.3) is 0 Å². The van der Waals surface area contributed by atoms with Crippen molar-refractivity contribution in [2.24, 2.45) is 0 Å². The van der Waals surface area contributed by atoms with Gasteiger partial charge in [0.05, 0.1) is 12.7 Å². The quantitative estimate of drug-likeness (QED) is 0.847. The van der Waals surface area contributed by atoms with E-state index in [4.69, 9.17) is 4.74 Å². The van der Waals surface area contributed by atoms with Crippen LogP contribution in [0.15, 0.2) is 36.4 Å². The molecule has 18 heavy (non-hydrogen) atoms. The second kappa shape index (κ2) is 4.87. The lowest BCUT2D eigenvalue weighted by atomic mass is 9.98. The highest BCUT2D eigenvalue weighted by molar-refractivity contribution is 5.92. The molecule has 2 aromatic carbocycles. The molecule has 0 aliphatic carbocycles. The number of phenolic OH excluding ortho intramolecular Hbond substituents is 1. The molecule has 0 aliphatic rings. The van der Waals surface area contributed by atoms with Gasteiger partial charge in [-0.2, -0.15) is 0 Å². The van der Waals surface area contributed by atoms with Crippen molar-refractivity contribution in [3.63, 3.8) is 0 Å². The number of hydrogen-bond donors (Lipinski definition) is 1. The van der Waals surface area contributed by atoms with Crippen LogP contribution < -0.4 is 4.74 Å². The van der Waals surface area contributed by atoms with Crippen molar-refractivity contribution in [1.82, 2.24) is 0 Å². The fourth-order valence-electron chi connectivity index (χ4n) is 1.79. The van der Waals surface area contributed by atoms with Crippen LogP contribution in [0.2, 0.25) is 0 Å². The first-order valence-electron chi connectivity index (χ1n) is 5.29. The molecule has 0 unspecified atom stereocenters. The van der Waals surface area contributed by atoms with E-state index < -0.39 is 5.82 Å². The van der Waals surface area contributed by atoms with Gasteiger partial charge in [-0.1, -0.05) is 18.2 Å². The lowest BCUT2D eigenvalue weighted by molar-refractivity contribution is 0.112. The highest BCUT2D eigenvalue weighted by Gasteiger charge is 2.15. The van der Waals surface area contributed by atoms with Crippen molar-refractivity contribution in [1.29, 1.82) is 0 Å². The molecule has 0 bridgehead atoms. The molecule has 0 heterocycles. The zero-order chi connectivity index (χ0) is 13.1. The molecule has 0 amide bonds. The predicted octanol–water partition coefficient (Wildman–Crippen LogP) is 3.02. The van der Waals surface area contributed by atoms with Crippen LogP contribution in [0.4, 0.5) is 4.39 Å². The molecule has 0 atom stereocenters. The maximum atomic E-state index is 13.7. The molecular weight excluding hydrogens is 235 g/mol. The molecule has 0 saturated carbocycles. The lowest BCUT2D eigenvalue weighted by Gasteiger charge is -2.11. The standard InChI is InChI=1S/C14H11FO3/c1-18-13-7-6-9(11(8-16)14(13)17)10-4-2-3-5-12(10)15/h2-8,17H,1H3. The van der Waals surface area contributed by atoms with Gasteiger partial charge in [0, 0.05) is 5.56 Å². The van der Waals surface area contributed by atoms with Crippen LogP contribution >= 0.6 is 0 Å². The number of benzene rings is 2. The number of methoxy groups -OCH3 is 1. The summed E-state index contributed by atoms with van der Waals surface area (Å²) in [7, 11) is 1.38. The van der Waals surface area contributed by atoms with E-state index in [1.165, 1.54) is 19.2 Å². The summed E-state index contributed by atoms with van der Waals surface area (Å²) in [5.41, 5.74) is 0.610. The summed E-state index contributed by atoms with van der Waals surface area (Å²) in [4.78, 5) is 11.1. The van der Waals surface area contributed by atoms with Gasteiger partial charge in [-0.3, -0.25) is 4.79 Å². The third-order valence-corrected chi connectivity index (χ3v) is 2.68. The Morgan fingerprint density at radius 2 is 1.89 bits per heavy atom. The number of carbonyl (C=O) groups is 1. The molecule has 4 heteroatoms. The van der Waals surface area contributed by atoms with Crippen LogP contribution in [-0.4, -0.2) is 18.5 Å². The van der Waals surface area contributed by atoms with Crippen molar-refractivity contribution in [3.05, 3.63) is 47.8 Å². The Kier molecular flexibility index (Phi) is 3.28. The van der Waals surface area contributed by atoms with Crippen molar-refractivity contribution in [2.75, 3.05) is 7.11 Å². The van der Waals surface area contributed by atoms with Crippen molar-refractivity contribution in [3.8, 4) is 22.6 Å². The smallest absolute Gasteiger partial charge is 0.169 e. The monoisotopic (exact) mass is 246 g/mol. The SMILES string of the molecule is COc1ccc(-c2ccccc2F)c(C=O)c1O. The summed E-state index contributed by atoms with van der Waals surface area (Å²) in [6, 6.07) is 9.09. The molecule has 2 rings (SSSR count). The molecule has 0 saturated heterocycles. The maximum Gasteiger partial charge on any atom is 0.169 e. The summed E-state index contributed by atoms with van der Waals surface area (Å²) in [5, 5.41) is 9.84. The van der Waals surface area contributed by atoms with E-state index in [9.17, 15) is 14.3 Å². The van der Waals surface area contributed by atoms with Crippen LogP contribution in [0.3, 0.4) is 0 Å². The summed E-state index contributed by atoms with van der Waals surface area (Å²) in [5.74, 6) is -0.560. The fourth-order valence-corrected chi connectivity index (χ4v) is 1.79. The Balaban J connectivity index is 2.69. The fraction of sp³-hybridized carbons (Fsp3) is 0.0714.